The molecule has 0 aliphatic carbocycles. The van der Waals surface area contributed by atoms with Gasteiger partial charge in [0.05, 0.1) is 29.7 Å². The van der Waals surface area contributed by atoms with Crippen molar-refractivity contribution in [3.63, 3.8) is 0 Å². The average Bonchev–Trinajstić information content (AvgIpc) is 3.52. The summed E-state index contributed by atoms with van der Waals surface area (Å²) < 4.78 is 4.22. The fourth-order valence-electron chi connectivity index (χ4n) is 5.23. The van der Waals surface area contributed by atoms with Crippen LogP contribution in [0.15, 0.2) is 103 Å². The highest BCUT2D eigenvalue weighted by molar-refractivity contribution is 5.91. The van der Waals surface area contributed by atoms with Gasteiger partial charge in [0, 0.05) is 17.4 Å². The predicted molar refractivity (Wildman–Crippen MR) is 146 cm³/mol. The molecule has 1 aliphatic heterocycles. The Bertz CT molecular complexity index is 1550. The highest BCUT2D eigenvalue weighted by Gasteiger charge is 2.36. The van der Waals surface area contributed by atoms with E-state index in [1.807, 2.05) is 83.2 Å². The third-order valence-electron chi connectivity index (χ3n) is 7.07. The van der Waals surface area contributed by atoms with Crippen molar-refractivity contribution in [2.24, 2.45) is 0 Å². The molecule has 5 aromatic rings. The minimum absolute atomic E-state index is 0.140. The van der Waals surface area contributed by atoms with Crippen molar-refractivity contribution in [1.82, 2.24) is 19.2 Å². The lowest BCUT2D eigenvalue weighted by Crippen LogP contribution is -2.38. The lowest BCUT2D eigenvalue weighted by molar-refractivity contribution is 0.194. The number of rotatable bonds is 4. The Balaban J connectivity index is 1.56. The summed E-state index contributed by atoms with van der Waals surface area (Å²) in [4.78, 5) is 16.0. The Labute approximate surface area is 216 Å². The number of para-hydroxylation sites is 2. The van der Waals surface area contributed by atoms with Gasteiger partial charge in [-0.2, -0.15) is 5.10 Å². The number of aryl methyl sites for hydroxylation is 2. The molecular weight excluding hydrogens is 458 g/mol. The van der Waals surface area contributed by atoms with Crippen LogP contribution in [0.3, 0.4) is 0 Å². The highest BCUT2D eigenvalue weighted by Crippen LogP contribution is 2.39. The van der Waals surface area contributed by atoms with Gasteiger partial charge >= 0.3 is 6.03 Å². The quantitative estimate of drug-likeness (QED) is 0.308. The summed E-state index contributed by atoms with van der Waals surface area (Å²) in [5, 5.41) is 8.22. The second-order valence-corrected chi connectivity index (χ2v) is 9.34. The van der Waals surface area contributed by atoms with E-state index in [1.165, 1.54) is 0 Å². The summed E-state index contributed by atoms with van der Waals surface area (Å²) in [6, 6.07) is 32.1. The summed E-state index contributed by atoms with van der Waals surface area (Å²) in [7, 11) is 0. The maximum atomic E-state index is 14.1. The lowest BCUT2D eigenvalue weighted by atomic mass is 10.0. The first kappa shape index (κ1) is 22.9. The van der Waals surface area contributed by atoms with E-state index in [1.54, 1.807) is 0 Å². The molecule has 1 aliphatic rings. The van der Waals surface area contributed by atoms with Crippen LogP contribution in [-0.2, 0) is 13.0 Å². The molecule has 0 unspecified atom stereocenters. The molecule has 6 rings (SSSR count). The summed E-state index contributed by atoms with van der Waals surface area (Å²) in [6.45, 7) is 4.56. The van der Waals surface area contributed by atoms with Crippen molar-refractivity contribution < 1.29 is 4.79 Å². The van der Waals surface area contributed by atoms with E-state index in [0.29, 0.717) is 6.54 Å². The topological polar surface area (TPSA) is 55.1 Å². The number of urea groups is 1. The van der Waals surface area contributed by atoms with Gasteiger partial charge in [-0.05, 0) is 54.8 Å². The number of nitrogens with one attached hydrogen (secondary N) is 1. The predicted octanol–water partition coefficient (Wildman–Crippen LogP) is 6.67. The maximum absolute atomic E-state index is 14.1. The van der Waals surface area contributed by atoms with Gasteiger partial charge in [-0.25, -0.2) is 9.48 Å². The van der Waals surface area contributed by atoms with Gasteiger partial charge in [0.15, 0.2) is 0 Å². The molecule has 2 aromatic heterocycles. The van der Waals surface area contributed by atoms with E-state index in [9.17, 15) is 4.79 Å². The van der Waals surface area contributed by atoms with E-state index < -0.39 is 0 Å². The number of hydrogen-bond donors (Lipinski definition) is 1. The zero-order valence-electron chi connectivity index (χ0n) is 21.0. The van der Waals surface area contributed by atoms with E-state index in [0.717, 1.165) is 51.7 Å². The number of carbonyl (C=O) groups is 1. The third-order valence-corrected chi connectivity index (χ3v) is 7.07. The number of hydrogen-bond acceptors (Lipinski definition) is 2. The van der Waals surface area contributed by atoms with Crippen molar-refractivity contribution in [1.29, 1.82) is 0 Å². The molecular formula is C31H29N5O. The number of nitrogens with zero attached hydrogens (tertiary/aromatic N) is 4. The molecule has 0 radical (unpaired) electrons. The number of benzene rings is 3. The SMILES string of the molecule is CCc1nn(-c2ccccc2)c2c1CN(C(=O)Nc1ccccc1C)[C@H](c1ccccc1)c1cccn1-2. The molecule has 0 spiro atoms. The molecule has 1 atom stereocenters. The fraction of sp³-hybridized carbons (Fsp3) is 0.161. The molecule has 0 saturated heterocycles. The molecule has 3 aromatic carbocycles. The van der Waals surface area contributed by atoms with Crippen molar-refractivity contribution in [2.75, 3.05) is 5.32 Å². The first-order chi connectivity index (χ1) is 18.2. The molecule has 0 fully saturated rings. The smallest absolute Gasteiger partial charge is 0.308 e. The van der Waals surface area contributed by atoms with E-state index in [2.05, 4.69) is 53.3 Å². The van der Waals surface area contributed by atoms with Crippen LogP contribution in [0.5, 0.6) is 0 Å². The van der Waals surface area contributed by atoms with Gasteiger partial charge in [0.25, 0.3) is 0 Å². The summed E-state index contributed by atoms with van der Waals surface area (Å²) in [5.74, 6) is 0.982. The summed E-state index contributed by atoms with van der Waals surface area (Å²) in [5.41, 5.74) is 6.96. The maximum Gasteiger partial charge on any atom is 0.322 e. The molecule has 0 saturated carbocycles. The molecule has 0 bridgehead atoms. The minimum atomic E-state index is -0.276. The standard InChI is InChI=1S/C31H29N5O/c1-3-26-25-21-35(31(37)32-27-18-11-10-13-22(27)2)29(23-14-6-4-7-15-23)28-19-12-20-34(28)30(25)36(33-26)24-16-8-5-9-17-24/h4-20,29H,3,21H2,1-2H3,(H,32,37)/t29-/m1/s1. The summed E-state index contributed by atoms with van der Waals surface area (Å²) in [6.07, 6.45) is 2.84. The van der Waals surface area contributed by atoms with Crippen molar-refractivity contribution >= 4 is 11.7 Å². The molecule has 6 nitrogen and oxygen atoms in total. The zero-order chi connectivity index (χ0) is 25.4. The van der Waals surface area contributed by atoms with Crippen LogP contribution in [0.25, 0.3) is 11.5 Å². The normalized spacial score (nSPS) is 14.5. The minimum Gasteiger partial charge on any atom is -0.308 e. The van der Waals surface area contributed by atoms with Gasteiger partial charge < -0.3 is 14.8 Å². The van der Waals surface area contributed by atoms with Gasteiger partial charge in [0.2, 0.25) is 0 Å². The first-order valence-electron chi connectivity index (χ1n) is 12.7. The van der Waals surface area contributed by atoms with Crippen molar-refractivity contribution in [3.05, 3.63) is 131 Å². The largest absolute Gasteiger partial charge is 0.322 e. The molecule has 2 amide bonds. The molecule has 6 heteroatoms. The van der Waals surface area contributed by atoms with E-state index >= 15 is 0 Å². The molecule has 184 valence electrons. The van der Waals surface area contributed by atoms with E-state index in [4.69, 9.17) is 5.10 Å². The Hall–Kier alpha value is -4.58. The Morgan fingerprint density at radius 1 is 0.919 bits per heavy atom. The monoisotopic (exact) mass is 487 g/mol. The number of amides is 2. The van der Waals surface area contributed by atoms with E-state index in [-0.39, 0.29) is 12.1 Å². The Morgan fingerprint density at radius 3 is 2.35 bits per heavy atom. The number of carbonyl (C=O) groups excluding carboxylic acids is 1. The number of aromatic nitrogens is 3. The second-order valence-electron chi connectivity index (χ2n) is 9.34. The van der Waals surface area contributed by atoms with Gasteiger partial charge in [-0.3, -0.25) is 0 Å². The Morgan fingerprint density at radius 2 is 1.62 bits per heavy atom. The molecule has 1 N–H and O–H groups in total. The Kier molecular flexibility index (Phi) is 5.85. The van der Waals surface area contributed by atoms with Crippen LogP contribution in [0, 0.1) is 6.92 Å². The van der Waals surface area contributed by atoms with Gasteiger partial charge in [0.1, 0.15) is 5.82 Å². The highest BCUT2D eigenvalue weighted by atomic mass is 16.2. The van der Waals surface area contributed by atoms with Crippen LogP contribution in [0.4, 0.5) is 10.5 Å². The lowest BCUT2D eigenvalue weighted by Gasteiger charge is -2.31. The van der Waals surface area contributed by atoms with Crippen LogP contribution in [-0.4, -0.2) is 25.3 Å². The third kappa shape index (κ3) is 4.00. The summed E-state index contributed by atoms with van der Waals surface area (Å²) >= 11 is 0. The average molecular weight is 488 g/mol. The van der Waals surface area contributed by atoms with Crippen molar-refractivity contribution in [3.8, 4) is 11.5 Å². The van der Waals surface area contributed by atoms with Crippen LogP contribution >= 0.6 is 0 Å². The van der Waals surface area contributed by atoms with Crippen LogP contribution in [0.2, 0.25) is 0 Å². The molecule has 37 heavy (non-hydrogen) atoms. The van der Waals surface area contributed by atoms with Gasteiger partial charge in [-0.15, -0.1) is 0 Å². The second kappa shape index (κ2) is 9.47. The van der Waals surface area contributed by atoms with Crippen LogP contribution < -0.4 is 5.32 Å². The number of fused-ring (bicyclic) bond motifs is 3. The number of anilines is 1. The van der Waals surface area contributed by atoms with Crippen molar-refractivity contribution in [2.45, 2.75) is 32.9 Å². The first-order valence-corrected chi connectivity index (χ1v) is 12.7. The van der Waals surface area contributed by atoms with Crippen LogP contribution in [0.1, 0.15) is 41.0 Å². The zero-order valence-corrected chi connectivity index (χ0v) is 21.0. The van der Waals surface area contributed by atoms with Gasteiger partial charge in [-0.1, -0.05) is 73.7 Å². The molecule has 3 heterocycles. The fourth-order valence-corrected chi connectivity index (χ4v) is 5.23.